The predicted molar refractivity (Wildman–Crippen MR) is 135 cm³/mol. The Morgan fingerprint density at radius 2 is 1.67 bits per heavy atom. The summed E-state index contributed by atoms with van der Waals surface area (Å²) in [6.07, 6.45) is 10.8. The summed E-state index contributed by atoms with van der Waals surface area (Å²) in [5, 5.41) is 11.2. The molecule has 2 aromatic rings. The molecule has 2 aliphatic carbocycles. The summed E-state index contributed by atoms with van der Waals surface area (Å²) in [5.74, 6) is 1.92. The molecule has 2 saturated carbocycles. The van der Waals surface area contributed by atoms with Gasteiger partial charge in [0, 0.05) is 43.6 Å². The zero-order valence-electron chi connectivity index (χ0n) is 19.7. The Morgan fingerprint density at radius 1 is 0.970 bits per heavy atom. The van der Waals surface area contributed by atoms with Crippen LogP contribution in [-0.4, -0.2) is 70.2 Å². The maximum Gasteiger partial charge on any atom is 0.407 e. The number of hydrogen-bond acceptors (Lipinski definition) is 5. The number of hydrogen-bond donors (Lipinski definition) is 1. The number of aromatic nitrogens is 1. The van der Waals surface area contributed by atoms with E-state index in [1.807, 2.05) is 4.90 Å². The quantitative estimate of drug-likeness (QED) is 0.589. The molecule has 1 N–H and O–H groups in total. The topological polar surface area (TPSA) is 59.9 Å². The number of carboxylic acid groups (broad SMARTS) is 1. The van der Waals surface area contributed by atoms with Gasteiger partial charge in [-0.2, -0.15) is 4.37 Å². The molecule has 1 aliphatic heterocycles. The van der Waals surface area contributed by atoms with Crippen LogP contribution in [0.25, 0.3) is 10.1 Å². The zero-order valence-corrected chi connectivity index (χ0v) is 20.5. The van der Waals surface area contributed by atoms with Gasteiger partial charge in [0.1, 0.15) is 5.82 Å². The van der Waals surface area contributed by atoms with E-state index in [1.165, 1.54) is 55.2 Å². The SMILES string of the molecule is O=C(O)N(C1CCCCC1)[C@H]1CC[C@H](CCN2CCN(c3nsc4ccccc34)CC2)CC1. The first-order chi connectivity index (χ1) is 16.2. The van der Waals surface area contributed by atoms with Gasteiger partial charge >= 0.3 is 6.09 Å². The summed E-state index contributed by atoms with van der Waals surface area (Å²) in [6, 6.07) is 9.06. The Morgan fingerprint density at radius 3 is 2.39 bits per heavy atom. The number of amides is 1. The van der Waals surface area contributed by atoms with Crippen molar-refractivity contribution in [2.75, 3.05) is 37.6 Å². The molecule has 1 amide bonds. The van der Waals surface area contributed by atoms with Gasteiger partial charge in [0.05, 0.1) is 4.70 Å². The molecule has 1 aromatic carbocycles. The maximum absolute atomic E-state index is 12.0. The van der Waals surface area contributed by atoms with Crippen LogP contribution in [0, 0.1) is 5.92 Å². The Labute approximate surface area is 201 Å². The molecule has 1 saturated heterocycles. The van der Waals surface area contributed by atoms with Gasteiger partial charge in [0.15, 0.2) is 0 Å². The normalized spacial score (nSPS) is 25.4. The van der Waals surface area contributed by atoms with E-state index in [1.54, 1.807) is 11.5 Å². The van der Waals surface area contributed by atoms with Crippen LogP contribution in [0.5, 0.6) is 0 Å². The fourth-order valence-electron chi connectivity index (χ4n) is 6.33. The average Bonchev–Trinajstić information content (AvgIpc) is 3.29. The predicted octanol–water partition coefficient (Wildman–Crippen LogP) is 5.68. The van der Waals surface area contributed by atoms with Crippen LogP contribution in [0.4, 0.5) is 10.6 Å². The number of rotatable bonds is 6. The van der Waals surface area contributed by atoms with Gasteiger partial charge in [-0.05, 0) is 81.1 Å². The van der Waals surface area contributed by atoms with E-state index in [0.29, 0.717) is 0 Å². The number of fused-ring (bicyclic) bond motifs is 1. The summed E-state index contributed by atoms with van der Waals surface area (Å²) in [7, 11) is 0. The maximum atomic E-state index is 12.0. The van der Waals surface area contributed by atoms with Crippen molar-refractivity contribution in [3.8, 4) is 0 Å². The largest absolute Gasteiger partial charge is 0.465 e. The van der Waals surface area contributed by atoms with Crippen molar-refractivity contribution in [1.82, 2.24) is 14.2 Å². The van der Waals surface area contributed by atoms with Crippen molar-refractivity contribution in [3.05, 3.63) is 24.3 Å². The van der Waals surface area contributed by atoms with Crippen LogP contribution < -0.4 is 4.90 Å². The van der Waals surface area contributed by atoms with E-state index in [2.05, 4.69) is 34.1 Å². The highest BCUT2D eigenvalue weighted by Crippen LogP contribution is 2.34. The smallest absolute Gasteiger partial charge is 0.407 e. The number of piperazine rings is 1. The van der Waals surface area contributed by atoms with E-state index >= 15 is 0 Å². The number of nitrogens with zero attached hydrogens (tertiary/aromatic N) is 4. The molecular weight excluding hydrogens is 432 g/mol. The van der Waals surface area contributed by atoms with Gasteiger partial charge in [0.2, 0.25) is 0 Å². The molecule has 2 heterocycles. The second kappa shape index (κ2) is 10.6. The van der Waals surface area contributed by atoms with E-state index in [0.717, 1.165) is 63.6 Å². The first kappa shape index (κ1) is 22.9. The molecule has 180 valence electrons. The minimum Gasteiger partial charge on any atom is -0.465 e. The second-order valence-corrected chi connectivity index (χ2v) is 11.1. The van der Waals surface area contributed by atoms with Gasteiger partial charge in [-0.25, -0.2) is 4.79 Å². The first-order valence-corrected chi connectivity index (χ1v) is 13.8. The lowest BCUT2D eigenvalue weighted by Gasteiger charge is -2.41. The molecule has 7 heteroatoms. The molecule has 3 fully saturated rings. The summed E-state index contributed by atoms with van der Waals surface area (Å²) in [6.45, 7) is 5.49. The van der Waals surface area contributed by atoms with E-state index in [9.17, 15) is 9.90 Å². The molecule has 5 rings (SSSR count). The molecule has 0 bridgehead atoms. The van der Waals surface area contributed by atoms with Crippen molar-refractivity contribution in [2.24, 2.45) is 5.92 Å². The minimum absolute atomic E-state index is 0.248. The Hall–Kier alpha value is -1.86. The minimum atomic E-state index is -0.684. The van der Waals surface area contributed by atoms with E-state index in [-0.39, 0.29) is 12.1 Å². The van der Waals surface area contributed by atoms with Crippen LogP contribution in [0.1, 0.15) is 64.2 Å². The molecule has 6 nitrogen and oxygen atoms in total. The highest BCUT2D eigenvalue weighted by molar-refractivity contribution is 7.13. The third-order valence-electron chi connectivity index (χ3n) is 8.28. The van der Waals surface area contributed by atoms with E-state index in [4.69, 9.17) is 4.37 Å². The van der Waals surface area contributed by atoms with Gasteiger partial charge in [-0.15, -0.1) is 0 Å². The standard InChI is InChI=1S/C26H38N4O2S/c31-26(32)30(21-6-2-1-3-7-21)22-12-10-20(11-13-22)14-15-28-16-18-29(19-17-28)25-23-8-4-5-9-24(23)33-27-25/h4-5,8-9,20-22H,1-3,6-7,10-19H2,(H,31,32)/t20-,22-. The molecule has 0 spiro atoms. The van der Waals surface area contributed by atoms with Crippen LogP contribution in [-0.2, 0) is 0 Å². The second-order valence-electron chi connectivity index (χ2n) is 10.3. The lowest BCUT2D eigenvalue weighted by atomic mass is 9.82. The highest BCUT2D eigenvalue weighted by Gasteiger charge is 2.34. The molecule has 33 heavy (non-hydrogen) atoms. The molecular formula is C26H38N4O2S. The van der Waals surface area contributed by atoms with Crippen molar-refractivity contribution in [2.45, 2.75) is 76.3 Å². The first-order valence-electron chi connectivity index (χ1n) is 13.0. The molecule has 1 aromatic heterocycles. The zero-order chi connectivity index (χ0) is 22.6. The van der Waals surface area contributed by atoms with Crippen molar-refractivity contribution >= 4 is 33.5 Å². The Kier molecular flexibility index (Phi) is 7.36. The lowest BCUT2D eigenvalue weighted by Crippen LogP contribution is -2.49. The van der Waals surface area contributed by atoms with E-state index < -0.39 is 6.09 Å². The molecule has 3 aliphatic rings. The van der Waals surface area contributed by atoms with Crippen molar-refractivity contribution < 1.29 is 9.90 Å². The lowest BCUT2D eigenvalue weighted by molar-refractivity contribution is 0.0621. The fraction of sp³-hybridized carbons (Fsp3) is 0.692. The number of carbonyl (C=O) groups is 1. The molecule has 0 unspecified atom stereocenters. The fourth-order valence-corrected chi connectivity index (χ4v) is 7.13. The summed E-state index contributed by atoms with van der Waals surface area (Å²) >= 11 is 1.60. The van der Waals surface area contributed by atoms with Crippen LogP contribution in [0.15, 0.2) is 24.3 Å². The van der Waals surface area contributed by atoms with Gasteiger partial charge in [0.25, 0.3) is 0 Å². The Balaban J connectivity index is 1.06. The van der Waals surface area contributed by atoms with Gasteiger partial charge in [-0.1, -0.05) is 31.4 Å². The molecule has 0 atom stereocenters. The third-order valence-corrected chi connectivity index (χ3v) is 9.10. The highest BCUT2D eigenvalue weighted by atomic mass is 32.1. The van der Waals surface area contributed by atoms with Crippen molar-refractivity contribution in [1.29, 1.82) is 0 Å². The Bertz CT molecular complexity index is 912. The van der Waals surface area contributed by atoms with Crippen LogP contribution in [0.3, 0.4) is 0 Å². The number of benzene rings is 1. The van der Waals surface area contributed by atoms with Crippen LogP contribution in [0.2, 0.25) is 0 Å². The van der Waals surface area contributed by atoms with Crippen molar-refractivity contribution in [3.63, 3.8) is 0 Å². The third kappa shape index (κ3) is 5.29. The average molecular weight is 471 g/mol. The summed E-state index contributed by atoms with van der Waals surface area (Å²) < 4.78 is 6.01. The summed E-state index contributed by atoms with van der Waals surface area (Å²) in [5.41, 5.74) is 0. The van der Waals surface area contributed by atoms with Gasteiger partial charge < -0.3 is 14.9 Å². The number of anilines is 1. The van der Waals surface area contributed by atoms with Gasteiger partial charge in [-0.3, -0.25) is 4.90 Å². The summed E-state index contributed by atoms with van der Waals surface area (Å²) in [4.78, 5) is 18.9. The monoisotopic (exact) mass is 470 g/mol. The molecule has 0 radical (unpaired) electrons. The van der Waals surface area contributed by atoms with Crippen LogP contribution >= 0.6 is 11.5 Å².